The van der Waals surface area contributed by atoms with Gasteiger partial charge in [0, 0.05) is 19.0 Å². The van der Waals surface area contributed by atoms with Gasteiger partial charge in [-0.25, -0.2) is 13.4 Å². The van der Waals surface area contributed by atoms with Crippen LogP contribution in [-0.2, 0) is 16.3 Å². The van der Waals surface area contributed by atoms with E-state index in [-0.39, 0.29) is 22.3 Å². The minimum Gasteiger partial charge on any atom is -0.493 e. The molecule has 42 heavy (non-hydrogen) atoms. The summed E-state index contributed by atoms with van der Waals surface area (Å²) in [5.41, 5.74) is 1.36. The third kappa shape index (κ3) is 5.94. The topological polar surface area (TPSA) is 155 Å². The average Bonchev–Trinajstić information content (AvgIpc) is 3.01. The van der Waals surface area contributed by atoms with Crippen molar-refractivity contribution in [1.82, 2.24) is 19.9 Å². The largest absolute Gasteiger partial charge is 0.493 e. The van der Waals surface area contributed by atoms with Crippen LogP contribution in [-0.4, -0.2) is 41.0 Å². The van der Waals surface area contributed by atoms with E-state index in [4.69, 9.17) is 0 Å². The van der Waals surface area contributed by atoms with Crippen molar-refractivity contribution < 1.29 is 18.3 Å². The zero-order valence-electron chi connectivity index (χ0n) is 23.5. The molecule has 0 aliphatic rings. The Labute approximate surface area is 244 Å². The number of carbonyl (C=O) groups is 1. The molecular weight excluding hydrogens is 554 g/mol. The number of hydrogen-bond acceptors (Lipinski definition) is 8. The summed E-state index contributed by atoms with van der Waals surface area (Å²) in [4.78, 5) is 32.7. The van der Waals surface area contributed by atoms with E-state index in [2.05, 4.69) is 15.3 Å². The molecule has 0 saturated carbocycles. The van der Waals surface area contributed by atoms with Crippen LogP contribution in [0.3, 0.4) is 0 Å². The Morgan fingerprint density at radius 1 is 1.05 bits per heavy atom. The van der Waals surface area contributed by atoms with Gasteiger partial charge in [0.05, 0.1) is 16.6 Å². The Balaban J connectivity index is 1.83. The predicted octanol–water partition coefficient (Wildman–Crippen LogP) is 4.42. The summed E-state index contributed by atoms with van der Waals surface area (Å²) < 4.78 is 29.0. The molecule has 0 unspecified atom stereocenters. The van der Waals surface area contributed by atoms with E-state index in [0.717, 1.165) is 6.42 Å². The lowest BCUT2D eigenvalue weighted by Gasteiger charge is -2.24. The normalized spacial score (nSPS) is 12.0. The molecule has 11 heteroatoms. The molecule has 2 heterocycles. The Bertz CT molecular complexity index is 1830. The smallest absolute Gasteiger partial charge is 0.296 e. The minimum absolute atomic E-state index is 0.170. The maximum atomic E-state index is 13.8. The molecule has 216 valence electrons. The number of nitrogens with zero attached hydrogens (tertiary/aromatic N) is 4. The van der Waals surface area contributed by atoms with E-state index in [1.54, 1.807) is 54.6 Å². The van der Waals surface area contributed by atoms with E-state index < -0.39 is 32.2 Å². The van der Waals surface area contributed by atoms with Crippen LogP contribution in [0.1, 0.15) is 66.7 Å². The molecule has 0 spiro atoms. The molecule has 4 aromatic rings. The van der Waals surface area contributed by atoms with E-state index in [1.807, 2.05) is 19.9 Å². The molecule has 0 aliphatic heterocycles. The highest BCUT2D eigenvalue weighted by Crippen LogP contribution is 2.33. The lowest BCUT2D eigenvalue weighted by Crippen LogP contribution is -2.28. The zero-order chi connectivity index (χ0) is 30.4. The highest BCUT2D eigenvalue weighted by molar-refractivity contribution is 7.91. The van der Waals surface area contributed by atoms with Crippen molar-refractivity contribution >= 4 is 15.7 Å². The van der Waals surface area contributed by atoms with Gasteiger partial charge in [-0.1, -0.05) is 50.6 Å². The van der Waals surface area contributed by atoms with Crippen LogP contribution in [0, 0.1) is 11.3 Å². The summed E-state index contributed by atoms with van der Waals surface area (Å²) in [6, 6.07) is 18.9. The number of rotatable bonds is 10. The first-order valence-electron chi connectivity index (χ1n) is 13.5. The number of aryl methyl sites for hydroxylation is 1. The molecule has 2 aromatic heterocycles. The van der Waals surface area contributed by atoms with Crippen molar-refractivity contribution in [3.05, 3.63) is 99.9 Å². The lowest BCUT2D eigenvalue weighted by atomic mass is 10.0. The van der Waals surface area contributed by atoms with Gasteiger partial charge in [0.25, 0.3) is 11.5 Å². The number of carbonyl (C=O) groups excluding carboxylic acids is 1. The molecule has 2 N–H and O–H groups in total. The second-order valence-electron chi connectivity index (χ2n) is 9.63. The van der Waals surface area contributed by atoms with Crippen LogP contribution in [0.2, 0.25) is 0 Å². The molecule has 0 radical (unpaired) electrons. The number of nitriles is 1. The van der Waals surface area contributed by atoms with Crippen molar-refractivity contribution in [3.63, 3.8) is 0 Å². The molecule has 10 nitrogen and oxygen atoms in total. The molecular formula is C31H31N5O5S. The molecule has 2 aromatic carbocycles. The summed E-state index contributed by atoms with van der Waals surface area (Å²) in [6.45, 7) is 3.80. The first-order chi connectivity index (χ1) is 20.2. The van der Waals surface area contributed by atoms with Gasteiger partial charge in [-0.2, -0.15) is 10.2 Å². The van der Waals surface area contributed by atoms with E-state index in [9.17, 15) is 28.4 Å². The Morgan fingerprint density at radius 3 is 2.40 bits per heavy atom. The summed E-state index contributed by atoms with van der Waals surface area (Å²) in [5, 5.41) is 23.4. The summed E-state index contributed by atoms with van der Waals surface area (Å²) in [5.74, 6) is -0.738. The van der Waals surface area contributed by atoms with Crippen molar-refractivity contribution in [2.45, 2.75) is 55.4 Å². The molecule has 0 bridgehead atoms. The van der Waals surface area contributed by atoms with Crippen molar-refractivity contribution in [2.75, 3.05) is 7.05 Å². The van der Waals surface area contributed by atoms with Crippen molar-refractivity contribution in [2.24, 2.45) is 0 Å². The number of aromatic hydroxyl groups is 1. The Morgan fingerprint density at radius 2 is 1.76 bits per heavy atom. The first-order valence-corrected chi connectivity index (χ1v) is 15.0. The van der Waals surface area contributed by atoms with Crippen molar-refractivity contribution in [3.8, 4) is 23.1 Å². The van der Waals surface area contributed by atoms with Crippen LogP contribution in [0.15, 0.2) is 81.3 Å². The van der Waals surface area contributed by atoms with Crippen LogP contribution >= 0.6 is 0 Å². The van der Waals surface area contributed by atoms with Crippen LogP contribution < -0.4 is 10.9 Å². The number of sulfone groups is 1. The number of hydrogen-bond donors (Lipinski definition) is 2. The maximum Gasteiger partial charge on any atom is 0.296 e. The van der Waals surface area contributed by atoms with Gasteiger partial charge >= 0.3 is 0 Å². The molecule has 4 rings (SSSR count). The molecule has 0 saturated heterocycles. The number of unbranched alkanes of at least 4 members (excludes halogenated alkanes) is 1. The zero-order valence-corrected chi connectivity index (χ0v) is 24.4. The second kappa shape index (κ2) is 12.8. The van der Waals surface area contributed by atoms with Gasteiger partial charge in [-0.15, -0.1) is 0 Å². The van der Waals surface area contributed by atoms with Gasteiger partial charge in [-0.05, 0) is 60.4 Å². The SMILES string of the molecule is CCCCc1nc(=O)c(S(=O)(=O)c2ccc(-c3cccc(C(=O)NC)c3)cc2)c(O)n1[C@@H](CC)c1cccc(C#N)n1. The second-order valence-corrected chi connectivity index (χ2v) is 11.5. The molecule has 0 fully saturated rings. The number of benzene rings is 2. The highest BCUT2D eigenvalue weighted by Gasteiger charge is 2.32. The average molecular weight is 586 g/mol. The third-order valence-corrected chi connectivity index (χ3v) is 8.72. The van der Waals surface area contributed by atoms with Gasteiger partial charge in [0.15, 0.2) is 4.90 Å². The number of nitrogens with one attached hydrogen (secondary N) is 1. The van der Waals surface area contributed by atoms with Gasteiger partial charge in [0.2, 0.25) is 15.7 Å². The van der Waals surface area contributed by atoms with Gasteiger partial charge in [-0.3, -0.25) is 14.2 Å². The van der Waals surface area contributed by atoms with Crippen LogP contribution in [0.5, 0.6) is 5.88 Å². The fourth-order valence-corrected chi connectivity index (χ4v) is 6.12. The minimum atomic E-state index is -4.50. The van der Waals surface area contributed by atoms with E-state index >= 15 is 0 Å². The molecule has 1 atom stereocenters. The van der Waals surface area contributed by atoms with E-state index in [0.29, 0.717) is 41.6 Å². The number of pyridine rings is 1. The van der Waals surface area contributed by atoms with Crippen molar-refractivity contribution in [1.29, 1.82) is 5.26 Å². The van der Waals surface area contributed by atoms with Gasteiger partial charge < -0.3 is 10.4 Å². The maximum absolute atomic E-state index is 13.8. The molecule has 0 aliphatic carbocycles. The van der Waals surface area contributed by atoms with Gasteiger partial charge in [0.1, 0.15) is 17.6 Å². The van der Waals surface area contributed by atoms with E-state index in [1.165, 1.54) is 23.7 Å². The summed E-state index contributed by atoms with van der Waals surface area (Å²) >= 11 is 0. The lowest BCUT2D eigenvalue weighted by molar-refractivity contribution is 0.0963. The Kier molecular flexibility index (Phi) is 9.18. The standard InChI is InChI=1S/C31H31N5O5S/c1-4-6-13-27-35-30(38)28(31(39)36(27)26(5-2)25-12-8-11-23(19-32)34-25)42(40,41)24-16-14-20(15-17-24)21-9-7-10-22(18-21)29(37)33-3/h7-12,14-18,26,39H,4-6,13H2,1-3H3,(H,33,37)/t26-/m0/s1. The third-order valence-electron chi connectivity index (χ3n) is 6.93. The number of amides is 1. The monoisotopic (exact) mass is 585 g/mol. The van der Waals surface area contributed by atoms with Crippen LogP contribution in [0.25, 0.3) is 11.1 Å². The van der Waals surface area contributed by atoms with Crippen LogP contribution in [0.4, 0.5) is 0 Å². The fourth-order valence-electron chi connectivity index (χ4n) is 4.78. The highest BCUT2D eigenvalue weighted by atomic mass is 32.2. The molecule has 1 amide bonds. The fraction of sp³-hybridized carbons (Fsp3) is 0.258. The number of aromatic nitrogens is 3. The Hall–Kier alpha value is -4.82. The summed E-state index contributed by atoms with van der Waals surface area (Å²) in [7, 11) is -2.97. The quantitative estimate of drug-likeness (QED) is 0.277. The summed E-state index contributed by atoms with van der Waals surface area (Å²) in [6.07, 6.45) is 2.15. The predicted molar refractivity (Wildman–Crippen MR) is 157 cm³/mol. The first kappa shape index (κ1) is 30.1.